The topological polar surface area (TPSA) is 49.3 Å². The number of fused-ring (bicyclic) bond motifs is 3. The summed E-state index contributed by atoms with van der Waals surface area (Å²) in [7, 11) is 0. The van der Waals surface area contributed by atoms with E-state index in [1.165, 1.54) is 0 Å². The number of nitrogens with zero attached hydrogens (tertiary/aromatic N) is 3. The fourth-order valence-corrected chi connectivity index (χ4v) is 5.13. The van der Waals surface area contributed by atoms with E-state index in [0.29, 0.717) is 18.2 Å². The number of halogens is 1. The van der Waals surface area contributed by atoms with Crippen LogP contribution in [0.15, 0.2) is 78.0 Å². The van der Waals surface area contributed by atoms with E-state index in [4.69, 9.17) is 26.4 Å². The maximum absolute atomic E-state index is 6.32. The Hall–Kier alpha value is -3.16. The summed E-state index contributed by atoms with van der Waals surface area (Å²) in [6.45, 7) is 15.3. The van der Waals surface area contributed by atoms with Crippen LogP contribution in [0, 0.1) is 0 Å². The molecular weight excluding hydrogens is 520 g/mol. The molecule has 4 aromatic rings. The summed E-state index contributed by atoms with van der Waals surface area (Å²) in [5.74, 6) is 0. The van der Waals surface area contributed by atoms with Gasteiger partial charge < -0.3 is 14.6 Å². The second-order valence-electron chi connectivity index (χ2n) is 9.63. The SMILES string of the molecule is CCN(CC)CCON=c1c(-c2ccc(Cl)cc2)c(NOCCN(CC)CC)c2ccccc2c2ccccc12. The van der Waals surface area contributed by atoms with Crippen LogP contribution in [0.25, 0.3) is 32.7 Å². The van der Waals surface area contributed by atoms with Crippen molar-refractivity contribution in [2.45, 2.75) is 27.7 Å². The molecule has 0 radical (unpaired) electrons. The lowest BCUT2D eigenvalue weighted by atomic mass is 10.0. The minimum Gasteiger partial charge on any atom is -0.394 e. The molecule has 0 heterocycles. The molecule has 40 heavy (non-hydrogen) atoms. The Labute approximate surface area is 243 Å². The molecule has 0 saturated heterocycles. The largest absolute Gasteiger partial charge is 0.394 e. The fourth-order valence-electron chi connectivity index (χ4n) is 5.00. The zero-order valence-electron chi connectivity index (χ0n) is 24.1. The summed E-state index contributed by atoms with van der Waals surface area (Å²) in [4.78, 5) is 16.8. The first kappa shape index (κ1) is 29.8. The standard InChI is InChI=1S/C33H41ClN4O2/c1-5-37(6-2)21-23-39-35-32-29-15-11-9-13-27(29)28-14-10-12-16-30(28)33(36-40-24-22-38(7-3)8-4)31(32)25-17-19-26(34)20-18-25/h9-20,35H,5-8,21-24H2,1-4H3. The van der Waals surface area contributed by atoms with Crippen LogP contribution in [0.1, 0.15) is 27.7 Å². The Morgan fingerprint density at radius 1 is 0.675 bits per heavy atom. The highest BCUT2D eigenvalue weighted by Gasteiger charge is 2.16. The molecule has 4 aromatic carbocycles. The summed E-state index contributed by atoms with van der Waals surface area (Å²) < 4.78 is 0. The van der Waals surface area contributed by atoms with Crippen molar-refractivity contribution in [3.05, 3.63) is 83.2 Å². The van der Waals surface area contributed by atoms with E-state index in [1.807, 2.05) is 30.3 Å². The van der Waals surface area contributed by atoms with Gasteiger partial charge >= 0.3 is 0 Å². The first-order valence-electron chi connectivity index (χ1n) is 14.3. The van der Waals surface area contributed by atoms with Crippen molar-refractivity contribution >= 4 is 38.8 Å². The number of likely N-dealkylation sites (N-methyl/N-ethyl adjacent to an activating group) is 2. The van der Waals surface area contributed by atoms with Gasteiger partial charge in [0.05, 0.1) is 12.3 Å². The number of rotatable bonds is 14. The van der Waals surface area contributed by atoms with E-state index in [-0.39, 0.29) is 0 Å². The smallest absolute Gasteiger partial charge is 0.129 e. The first-order chi connectivity index (χ1) is 19.6. The van der Waals surface area contributed by atoms with Crippen LogP contribution < -0.4 is 10.8 Å². The van der Waals surface area contributed by atoms with Crippen molar-refractivity contribution in [3.8, 4) is 11.1 Å². The van der Waals surface area contributed by atoms with Gasteiger partial charge in [0.1, 0.15) is 12.0 Å². The van der Waals surface area contributed by atoms with Gasteiger partial charge in [0.15, 0.2) is 0 Å². The monoisotopic (exact) mass is 560 g/mol. The van der Waals surface area contributed by atoms with Crippen molar-refractivity contribution in [1.29, 1.82) is 0 Å². The molecule has 0 amide bonds. The van der Waals surface area contributed by atoms with Crippen molar-refractivity contribution in [1.82, 2.24) is 9.80 Å². The van der Waals surface area contributed by atoms with E-state index in [9.17, 15) is 0 Å². The minimum atomic E-state index is 0.497. The second kappa shape index (κ2) is 15.0. The summed E-state index contributed by atoms with van der Waals surface area (Å²) in [5.41, 5.74) is 6.07. The summed E-state index contributed by atoms with van der Waals surface area (Å²) in [6, 6.07) is 24.6. The van der Waals surface area contributed by atoms with E-state index >= 15 is 0 Å². The van der Waals surface area contributed by atoms with Gasteiger partial charge in [-0.25, -0.2) is 0 Å². The maximum atomic E-state index is 6.32. The summed E-state index contributed by atoms with van der Waals surface area (Å²) in [5, 5.41) is 10.5. The highest BCUT2D eigenvalue weighted by Crippen LogP contribution is 2.35. The molecule has 4 rings (SSSR count). The molecule has 0 fully saturated rings. The van der Waals surface area contributed by atoms with Crippen LogP contribution >= 0.6 is 11.6 Å². The zero-order chi connectivity index (χ0) is 28.3. The van der Waals surface area contributed by atoms with E-state index in [2.05, 4.69) is 85.4 Å². The summed E-state index contributed by atoms with van der Waals surface area (Å²) in [6.07, 6.45) is 0. The molecule has 0 spiro atoms. The molecule has 0 saturated carbocycles. The normalized spacial score (nSPS) is 12.1. The highest BCUT2D eigenvalue weighted by atomic mass is 35.5. The number of hydrogen-bond donors (Lipinski definition) is 1. The minimum absolute atomic E-state index is 0.497. The molecule has 212 valence electrons. The van der Waals surface area contributed by atoms with Gasteiger partial charge in [-0.05, 0) is 54.6 Å². The van der Waals surface area contributed by atoms with Crippen LogP contribution in [0.4, 0.5) is 5.69 Å². The molecule has 0 aliphatic carbocycles. The Morgan fingerprint density at radius 3 is 1.80 bits per heavy atom. The zero-order valence-corrected chi connectivity index (χ0v) is 24.9. The number of nitrogens with one attached hydrogen (secondary N) is 1. The lowest BCUT2D eigenvalue weighted by Gasteiger charge is -2.19. The lowest BCUT2D eigenvalue weighted by molar-refractivity contribution is 0.106. The Bertz CT molecular complexity index is 1450. The maximum Gasteiger partial charge on any atom is 0.129 e. The van der Waals surface area contributed by atoms with E-state index in [0.717, 1.165) is 83.0 Å². The van der Waals surface area contributed by atoms with Crippen LogP contribution in [0.2, 0.25) is 5.02 Å². The fraction of sp³-hybridized carbons (Fsp3) is 0.364. The molecular formula is C33H41ClN4O2. The van der Waals surface area contributed by atoms with Gasteiger partial charge in [-0.3, -0.25) is 10.3 Å². The number of anilines is 1. The van der Waals surface area contributed by atoms with Crippen LogP contribution in [-0.4, -0.2) is 62.3 Å². The molecule has 0 bridgehead atoms. The van der Waals surface area contributed by atoms with Crippen LogP contribution in [0.3, 0.4) is 0 Å². The van der Waals surface area contributed by atoms with E-state index < -0.39 is 0 Å². The molecule has 0 aliphatic heterocycles. The van der Waals surface area contributed by atoms with Gasteiger partial charge in [-0.2, -0.15) is 0 Å². The molecule has 1 N–H and O–H groups in total. The first-order valence-corrected chi connectivity index (χ1v) is 14.7. The van der Waals surface area contributed by atoms with Gasteiger partial charge in [0, 0.05) is 34.4 Å². The predicted molar refractivity (Wildman–Crippen MR) is 169 cm³/mol. The van der Waals surface area contributed by atoms with Crippen molar-refractivity contribution < 1.29 is 9.68 Å². The summed E-state index contributed by atoms with van der Waals surface area (Å²) >= 11 is 6.32. The third kappa shape index (κ3) is 7.12. The third-order valence-corrected chi connectivity index (χ3v) is 7.67. The van der Waals surface area contributed by atoms with Crippen molar-refractivity contribution in [2.75, 3.05) is 58.0 Å². The van der Waals surface area contributed by atoms with Crippen molar-refractivity contribution in [2.24, 2.45) is 5.16 Å². The Morgan fingerprint density at radius 2 is 1.20 bits per heavy atom. The number of benzene rings is 3. The van der Waals surface area contributed by atoms with Gasteiger partial charge in [0.2, 0.25) is 0 Å². The van der Waals surface area contributed by atoms with Gasteiger partial charge in [0.25, 0.3) is 0 Å². The molecule has 0 aromatic heterocycles. The molecule has 7 heteroatoms. The third-order valence-electron chi connectivity index (χ3n) is 7.42. The lowest BCUT2D eigenvalue weighted by Crippen LogP contribution is -2.27. The average molecular weight is 561 g/mol. The van der Waals surface area contributed by atoms with Crippen LogP contribution in [0.5, 0.6) is 0 Å². The quantitative estimate of drug-likeness (QED) is 0.131. The number of hydrogen-bond acceptors (Lipinski definition) is 6. The Balaban J connectivity index is 1.94. The van der Waals surface area contributed by atoms with Gasteiger partial charge in [-0.1, -0.05) is 105 Å². The second-order valence-corrected chi connectivity index (χ2v) is 10.1. The average Bonchev–Trinajstić information content (AvgIpc) is 3.11. The molecule has 0 unspecified atom stereocenters. The Kier molecular flexibility index (Phi) is 11.2. The molecule has 6 nitrogen and oxygen atoms in total. The van der Waals surface area contributed by atoms with Gasteiger partial charge in [-0.15, -0.1) is 0 Å². The molecule has 0 atom stereocenters. The van der Waals surface area contributed by atoms with Crippen LogP contribution in [-0.2, 0) is 9.68 Å². The highest BCUT2D eigenvalue weighted by molar-refractivity contribution is 6.30. The van der Waals surface area contributed by atoms with Crippen molar-refractivity contribution in [3.63, 3.8) is 0 Å². The predicted octanol–water partition coefficient (Wildman–Crippen LogP) is 7.17. The van der Waals surface area contributed by atoms with E-state index in [1.54, 1.807) is 0 Å². The molecule has 0 aliphatic rings.